The summed E-state index contributed by atoms with van der Waals surface area (Å²) in [6.07, 6.45) is 3.79. The van der Waals surface area contributed by atoms with Crippen molar-refractivity contribution in [3.8, 4) is 11.4 Å². The monoisotopic (exact) mass is 386 g/mol. The van der Waals surface area contributed by atoms with Crippen LogP contribution in [-0.2, 0) is 6.54 Å². The molecule has 0 radical (unpaired) electrons. The first-order valence-electron chi connectivity index (χ1n) is 8.97. The van der Waals surface area contributed by atoms with E-state index < -0.39 is 0 Å². The van der Waals surface area contributed by atoms with E-state index >= 15 is 0 Å². The van der Waals surface area contributed by atoms with Crippen molar-refractivity contribution < 1.29 is 8.91 Å². The molecule has 1 atom stereocenters. The van der Waals surface area contributed by atoms with Gasteiger partial charge in [0.1, 0.15) is 11.6 Å². The molecule has 5 nitrogen and oxygen atoms in total. The smallest absolute Gasteiger partial charge is 0.164 e. The fourth-order valence-electron chi connectivity index (χ4n) is 3.70. The van der Waals surface area contributed by atoms with Crippen molar-refractivity contribution in [1.82, 2.24) is 20.0 Å². The summed E-state index contributed by atoms with van der Waals surface area (Å²) in [5.41, 5.74) is 3.19. The Hall–Kier alpha value is -2.31. The molecule has 0 unspecified atom stereocenters. The minimum atomic E-state index is -0.271. The zero-order valence-electron chi connectivity index (χ0n) is 15.2. The Bertz CT molecular complexity index is 955. The molecule has 1 aromatic carbocycles. The molecule has 3 aromatic rings. The maximum Gasteiger partial charge on any atom is 0.164 e. The van der Waals surface area contributed by atoms with Crippen molar-refractivity contribution in [2.45, 2.75) is 39.3 Å². The van der Waals surface area contributed by atoms with Gasteiger partial charge in [0.15, 0.2) is 5.82 Å². The maximum atomic E-state index is 14.2. The lowest BCUT2D eigenvalue weighted by molar-refractivity contribution is 0.241. The van der Waals surface area contributed by atoms with Crippen molar-refractivity contribution in [3.63, 3.8) is 0 Å². The van der Waals surface area contributed by atoms with E-state index in [0.29, 0.717) is 28.7 Å². The van der Waals surface area contributed by atoms with E-state index in [4.69, 9.17) is 21.1 Å². The summed E-state index contributed by atoms with van der Waals surface area (Å²) >= 11 is 5.87. The molecule has 1 aliphatic heterocycles. The van der Waals surface area contributed by atoms with Crippen LogP contribution >= 0.6 is 11.6 Å². The molecular formula is C20H20ClFN4O. The molecule has 3 heterocycles. The molecule has 4 rings (SSSR count). The molecule has 0 amide bonds. The van der Waals surface area contributed by atoms with Gasteiger partial charge in [0.05, 0.1) is 23.0 Å². The summed E-state index contributed by atoms with van der Waals surface area (Å²) in [6.45, 7) is 5.17. The second-order valence-electron chi connectivity index (χ2n) is 6.87. The van der Waals surface area contributed by atoms with Crippen molar-refractivity contribution >= 4 is 11.6 Å². The van der Waals surface area contributed by atoms with Crippen molar-refractivity contribution in [3.05, 3.63) is 64.0 Å². The Morgan fingerprint density at radius 1 is 1.30 bits per heavy atom. The highest BCUT2D eigenvalue weighted by Gasteiger charge is 2.28. The van der Waals surface area contributed by atoms with Crippen LogP contribution in [0.2, 0.25) is 5.02 Å². The number of rotatable bonds is 4. The molecule has 2 aromatic heterocycles. The molecule has 1 saturated heterocycles. The number of benzene rings is 1. The molecule has 140 valence electrons. The average molecular weight is 387 g/mol. The standard InChI is InChI=1S/C20H20ClFN4O/c1-12-19(13(2)27-25-12)20-23-8-7-17(24-20)18-4-3-9-26(18)11-14-5-6-15(21)10-16(14)22/h5-8,10,18H,3-4,9,11H2,1-2H3/t18-/m1/s1. The SMILES string of the molecule is Cc1noc(C)c1-c1nccc([C@H]2CCCN2Cc2ccc(Cl)cc2F)n1. The molecule has 7 heteroatoms. The van der Waals surface area contributed by atoms with Crippen LogP contribution < -0.4 is 0 Å². The number of hydrogen-bond donors (Lipinski definition) is 0. The van der Waals surface area contributed by atoms with Crippen LogP contribution in [-0.4, -0.2) is 26.6 Å². The van der Waals surface area contributed by atoms with Crippen molar-refractivity contribution in [2.75, 3.05) is 6.54 Å². The first kappa shape index (κ1) is 18.1. The van der Waals surface area contributed by atoms with Gasteiger partial charge in [0, 0.05) is 23.3 Å². The molecule has 0 spiro atoms. The van der Waals surface area contributed by atoms with Crippen LogP contribution in [0.5, 0.6) is 0 Å². The number of hydrogen-bond acceptors (Lipinski definition) is 5. The minimum absolute atomic E-state index is 0.127. The van der Waals surface area contributed by atoms with Gasteiger partial charge in [-0.1, -0.05) is 22.8 Å². The normalized spacial score (nSPS) is 17.6. The highest BCUT2D eigenvalue weighted by Crippen LogP contribution is 2.34. The average Bonchev–Trinajstić information content (AvgIpc) is 3.24. The Balaban J connectivity index is 1.61. The van der Waals surface area contributed by atoms with E-state index in [0.717, 1.165) is 36.3 Å². The lowest BCUT2D eigenvalue weighted by atomic mass is 10.1. The lowest BCUT2D eigenvalue weighted by Gasteiger charge is -2.24. The van der Waals surface area contributed by atoms with Gasteiger partial charge >= 0.3 is 0 Å². The van der Waals surface area contributed by atoms with Gasteiger partial charge in [-0.25, -0.2) is 14.4 Å². The topological polar surface area (TPSA) is 55.1 Å². The minimum Gasteiger partial charge on any atom is -0.361 e. The van der Waals surface area contributed by atoms with Crippen LogP contribution in [0.1, 0.15) is 41.6 Å². The molecule has 0 N–H and O–H groups in total. The summed E-state index contributed by atoms with van der Waals surface area (Å²) in [5, 5.41) is 4.40. The van der Waals surface area contributed by atoms with E-state index in [-0.39, 0.29) is 11.9 Å². The highest BCUT2D eigenvalue weighted by atomic mass is 35.5. The van der Waals surface area contributed by atoms with Gasteiger partial charge in [0.25, 0.3) is 0 Å². The van der Waals surface area contributed by atoms with Gasteiger partial charge in [0.2, 0.25) is 0 Å². The number of nitrogens with zero attached hydrogens (tertiary/aromatic N) is 4. The van der Waals surface area contributed by atoms with Gasteiger partial charge in [-0.15, -0.1) is 0 Å². The van der Waals surface area contributed by atoms with Gasteiger partial charge in [-0.3, -0.25) is 4.90 Å². The fourth-order valence-corrected chi connectivity index (χ4v) is 3.86. The zero-order valence-corrected chi connectivity index (χ0v) is 16.0. The molecule has 0 aliphatic carbocycles. The number of halogens is 2. The molecule has 1 aliphatic rings. The zero-order chi connectivity index (χ0) is 19.0. The molecular weight excluding hydrogens is 367 g/mol. The third kappa shape index (κ3) is 3.59. The van der Waals surface area contributed by atoms with Crippen LogP contribution in [0, 0.1) is 19.7 Å². The van der Waals surface area contributed by atoms with E-state index in [1.165, 1.54) is 6.07 Å². The summed E-state index contributed by atoms with van der Waals surface area (Å²) < 4.78 is 19.5. The van der Waals surface area contributed by atoms with Gasteiger partial charge in [-0.2, -0.15) is 0 Å². The van der Waals surface area contributed by atoms with Crippen molar-refractivity contribution in [2.24, 2.45) is 0 Å². The third-order valence-corrected chi connectivity index (χ3v) is 5.26. The van der Waals surface area contributed by atoms with Crippen LogP contribution in [0.3, 0.4) is 0 Å². The molecule has 0 saturated carbocycles. The highest BCUT2D eigenvalue weighted by molar-refractivity contribution is 6.30. The van der Waals surface area contributed by atoms with Gasteiger partial charge < -0.3 is 4.52 Å². The Labute approximate surface area is 162 Å². The Kier molecular flexibility index (Phi) is 4.93. The fraction of sp³-hybridized carbons (Fsp3) is 0.350. The van der Waals surface area contributed by atoms with E-state index in [2.05, 4.69) is 15.0 Å². The summed E-state index contributed by atoms with van der Waals surface area (Å²) in [4.78, 5) is 11.4. The Morgan fingerprint density at radius 2 is 2.15 bits per heavy atom. The lowest BCUT2D eigenvalue weighted by Crippen LogP contribution is -2.24. The summed E-state index contributed by atoms with van der Waals surface area (Å²) in [6, 6.07) is 6.90. The van der Waals surface area contributed by atoms with E-state index in [1.807, 2.05) is 19.9 Å². The van der Waals surface area contributed by atoms with Crippen LogP contribution in [0.15, 0.2) is 35.0 Å². The second-order valence-corrected chi connectivity index (χ2v) is 7.30. The first-order chi connectivity index (χ1) is 13.0. The van der Waals surface area contributed by atoms with Crippen LogP contribution in [0.25, 0.3) is 11.4 Å². The van der Waals surface area contributed by atoms with Gasteiger partial charge in [-0.05, 0) is 51.4 Å². The Morgan fingerprint density at radius 3 is 2.89 bits per heavy atom. The second kappa shape index (κ2) is 7.37. The molecule has 0 bridgehead atoms. The molecule has 27 heavy (non-hydrogen) atoms. The summed E-state index contributed by atoms with van der Waals surface area (Å²) in [7, 11) is 0. The first-order valence-corrected chi connectivity index (χ1v) is 9.35. The van der Waals surface area contributed by atoms with E-state index in [1.54, 1.807) is 18.3 Å². The predicted molar refractivity (Wildman–Crippen MR) is 101 cm³/mol. The number of likely N-dealkylation sites (tertiary alicyclic amines) is 1. The maximum absolute atomic E-state index is 14.2. The summed E-state index contributed by atoms with van der Waals surface area (Å²) in [5.74, 6) is 1.05. The predicted octanol–water partition coefficient (Wildman–Crippen LogP) is 4.88. The van der Waals surface area contributed by atoms with E-state index in [9.17, 15) is 4.39 Å². The quantitative estimate of drug-likeness (QED) is 0.639. The third-order valence-electron chi connectivity index (χ3n) is 5.03. The van der Waals surface area contributed by atoms with Crippen molar-refractivity contribution in [1.29, 1.82) is 0 Å². The number of aromatic nitrogens is 3. The largest absolute Gasteiger partial charge is 0.361 e. The van der Waals surface area contributed by atoms with Crippen LogP contribution in [0.4, 0.5) is 4.39 Å². The molecule has 1 fully saturated rings. The number of aryl methyl sites for hydroxylation is 2.